The maximum absolute atomic E-state index is 15.2. The number of halogens is 6. The number of carbonyl (C=O) groups is 2. The van der Waals surface area contributed by atoms with E-state index in [0.717, 1.165) is 28.8 Å². The van der Waals surface area contributed by atoms with E-state index in [4.69, 9.17) is 11.6 Å². The predicted octanol–water partition coefficient (Wildman–Crippen LogP) is 4.54. The fourth-order valence-corrected chi connectivity index (χ4v) is 6.51. The summed E-state index contributed by atoms with van der Waals surface area (Å²) in [5, 5.41) is 16.8. The van der Waals surface area contributed by atoms with Gasteiger partial charge in [-0.2, -0.15) is 22.7 Å². The molecule has 1 aliphatic heterocycles. The number of nitrogens with zero attached hydrogens (tertiary/aromatic N) is 9. The van der Waals surface area contributed by atoms with Crippen molar-refractivity contribution in [2.24, 2.45) is 0 Å². The third-order valence-corrected chi connectivity index (χ3v) is 9.31. The van der Waals surface area contributed by atoms with Gasteiger partial charge in [-0.1, -0.05) is 18.5 Å². The minimum atomic E-state index is -4.67. The third-order valence-electron chi connectivity index (χ3n) is 9.00. The Labute approximate surface area is 314 Å². The minimum absolute atomic E-state index is 0.0265. The molecule has 0 unspecified atom stereocenters. The average molecular weight is 789 g/mol. The number of aryl methyl sites for hydroxylation is 1. The smallest absolute Gasteiger partial charge is 0.416 e. The zero-order valence-corrected chi connectivity index (χ0v) is 30.6. The van der Waals surface area contributed by atoms with Crippen molar-refractivity contribution < 1.29 is 36.6 Å². The lowest BCUT2D eigenvalue weighted by Gasteiger charge is -2.36. The van der Waals surface area contributed by atoms with Crippen LogP contribution in [0.25, 0.3) is 17.2 Å². The number of piperazine rings is 1. The van der Waals surface area contributed by atoms with Gasteiger partial charge < -0.3 is 29.7 Å². The minimum Gasteiger partial charge on any atom is -0.504 e. The summed E-state index contributed by atoms with van der Waals surface area (Å²) >= 11 is 6.10. The van der Waals surface area contributed by atoms with Crippen molar-refractivity contribution in [3.63, 3.8) is 0 Å². The molecule has 290 valence electrons. The van der Waals surface area contributed by atoms with Crippen molar-refractivity contribution in [1.29, 1.82) is 0 Å². The van der Waals surface area contributed by atoms with E-state index in [1.807, 2.05) is 0 Å². The number of aromatic nitrogens is 6. The van der Waals surface area contributed by atoms with Gasteiger partial charge in [0.25, 0.3) is 11.5 Å². The van der Waals surface area contributed by atoms with Crippen LogP contribution in [0.15, 0.2) is 41.5 Å². The van der Waals surface area contributed by atoms with E-state index in [0.29, 0.717) is 11.8 Å². The molecule has 1 saturated heterocycles. The van der Waals surface area contributed by atoms with Crippen LogP contribution in [0.4, 0.5) is 33.3 Å². The molecule has 0 spiro atoms. The standard InChI is InChI=1S/C35H34ClF5N10O4/c1-5-26-29(48-8-10-49(11-9-48)32(54)28-30(53)18(2)42-17-43-28)33(55)51-34(45-31(46-51)19-12-23(37)21(15-47(3)4)24(38)13-19)50(26)16-27(52)44-25-7-6-20(14-22(25)36)35(39,40)41/h6-7,12-14,17,53H,5,8-11,15-16H2,1-4H3,(H,44,52). The molecular weight excluding hydrogens is 755 g/mol. The van der Waals surface area contributed by atoms with Crippen LogP contribution in [-0.2, 0) is 30.5 Å². The Balaban J connectivity index is 1.40. The summed E-state index contributed by atoms with van der Waals surface area (Å²) in [6, 6.07) is 4.53. The van der Waals surface area contributed by atoms with Gasteiger partial charge in [0, 0.05) is 43.9 Å². The van der Waals surface area contributed by atoms with Gasteiger partial charge in [-0.3, -0.25) is 14.4 Å². The number of aromatic hydroxyl groups is 1. The van der Waals surface area contributed by atoms with Gasteiger partial charge in [-0.25, -0.2) is 18.7 Å². The zero-order valence-electron chi connectivity index (χ0n) is 29.9. The Morgan fingerprint density at radius 2 is 1.71 bits per heavy atom. The van der Waals surface area contributed by atoms with Crippen molar-refractivity contribution >= 4 is 40.6 Å². The zero-order chi connectivity index (χ0) is 39.9. The molecule has 0 bridgehead atoms. The molecule has 3 aromatic heterocycles. The number of anilines is 2. The number of benzene rings is 2. The Kier molecular flexibility index (Phi) is 10.8. The molecule has 55 heavy (non-hydrogen) atoms. The second-order valence-corrected chi connectivity index (χ2v) is 13.4. The number of nitrogens with one attached hydrogen (secondary N) is 1. The van der Waals surface area contributed by atoms with Crippen LogP contribution >= 0.6 is 11.6 Å². The van der Waals surface area contributed by atoms with E-state index in [1.54, 1.807) is 30.8 Å². The van der Waals surface area contributed by atoms with E-state index in [1.165, 1.54) is 22.7 Å². The summed E-state index contributed by atoms with van der Waals surface area (Å²) in [7, 11) is 3.30. The lowest BCUT2D eigenvalue weighted by molar-refractivity contribution is -0.137. The van der Waals surface area contributed by atoms with Crippen LogP contribution in [-0.4, -0.2) is 96.1 Å². The Morgan fingerprint density at radius 1 is 1.04 bits per heavy atom. The second-order valence-electron chi connectivity index (χ2n) is 13.0. The molecule has 14 nitrogen and oxygen atoms in total. The van der Waals surface area contributed by atoms with Crippen LogP contribution in [0.3, 0.4) is 0 Å². The van der Waals surface area contributed by atoms with Gasteiger partial charge in [0.2, 0.25) is 11.7 Å². The predicted molar refractivity (Wildman–Crippen MR) is 191 cm³/mol. The first-order valence-corrected chi connectivity index (χ1v) is 17.2. The van der Waals surface area contributed by atoms with Gasteiger partial charge in [0.05, 0.1) is 27.7 Å². The lowest BCUT2D eigenvalue weighted by atomic mass is 10.1. The second kappa shape index (κ2) is 15.2. The van der Waals surface area contributed by atoms with Gasteiger partial charge in [0.15, 0.2) is 17.3 Å². The SMILES string of the molecule is CCc1c(N2CCN(C(=O)c3ncnc(C)c3O)CC2)c(=O)n2nc(-c3cc(F)c(CN(C)C)c(F)c3)nc2n1CC(=O)Nc1ccc(C(F)(F)F)cc1Cl. The van der Waals surface area contributed by atoms with E-state index in [2.05, 4.69) is 25.4 Å². The summed E-state index contributed by atoms with van der Waals surface area (Å²) in [4.78, 5) is 58.1. The van der Waals surface area contributed by atoms with Crippen LogP contribution in [0, 0.1) is 18.6 Å². The highest BCUT2D eigenvalue weighted by Gasteiger charge is 2.32. The van der Waals surface area contributed by atoms with Crippen molar-refractivity contribution in [2.45, 2.75) is 39.5 Å². The highest BCUT2D eigenvalue weighted by molar-refractivity contribution is 6.33. The topological polar surface area (TPSA) is 154 Å². The molecule has 2 N–H and O–H groups in total. The van der Waals surface area contributed by atoms with Gasteiger partial charge in [-0.05, 0) is 57.8 Å². The van der Waals surface area contributed by atoms with E-state index < -0.39 is 47.3 Å². The van der Waals surface area contributed by atoms with E-state index in [9.17, 15) is 32.7 Å². The molecule has 0 atom stereocenters. The van der Waals surface area contributed by atoms with Crippen molar-refractivity contribution in [3.05, 3.63) is 91.9 Å². The summed E-state index contributed by atoms with van der Waals surface area (Å²) in [6.45, 7) is 3.16. The average Bonchev–Trinajstić information content (AvgIpc) is 3.58. The summed E-state index contributed by atoms with van der Waals surface area (Å²) in [5.41, 5.74) is -1.57. The molecule has 1 fully saturated rings. The summed E-state index contributed by atoms with van der Waals surface area (Å²) in [6.07, 6.45) is -3.34. The van der Waals surface area contributed by atoms with Gasteiger partial charge in [0.1, 0.15) is 30.2 Å². The fraction of sp³-hybridized carbons (Fsp3) is 0.343. The van der Waals surface area contributed by atoms with Gasteiger partial charge >= 0.3 is 6.18 Å². The first-order valence-electron chi connectivity index (χ1n) is 16.8. The molecule has 0 saturated carbocycles. The van der Waals surface area contributed by atoms with Crippen LogP contribution in [0.5, 0.6) is 5.75 Å². The molecular formula is C35H34ClF5N10O4. The molecule has 20 heteroatoms. The molecule has 6 rings (SSSR count). The third kappa shape index (κ3) is 7.79. The van der Waals surface area contributed by atoms with Crippen LogP contribution < -0.4 is 15.8 Å². The monoisotopic (exact) mass is 788 g/mol. The van der Waals surface area contributed by atoms with Crippen LogP contribution in [0.2, 0.25) is 5.02 Å². The van der Waals surface area contributed by atoms with Gasteiger partial charge in [-0.15, -0.1) is 5.10 Å². The Bertz CT molecular complexity index is 2350. The molecule has 0 aliphatic carbocycles. The molecule has 5 aromatic rings. The Morgan fingerprint density at radius 3 is 2.31 bits per heavy atom. The number of hydrogen-bond acceptors (Lipinski definition) is 10. The molecule has 4 heterocycles. The van der Waals surface area contributed by atoms with Crippen molar-refractivity contribution in [2.75, 3.05) is 50.5 Å². The lowest BCUT2D eigenvalue weighted by Crippen LogP contribution is -2.51. The molecule has 2 aromatic carbocycles. The molecule has 2 amide bonds. The number of carbonyl (C=O) groups excluding carboxylic acids is 2. The molecule has 0 radical (unpaired) electrons. The number of fused-ring (bicyclic) bond motifs is 1. The number of hydrogen-bond donors (Lipinski definition) is 2. The van der Waals surface area contributed by atoms with E-state index in [-0.39, 0.29) is 95.4 Å². The summed E-state index contributed by atoms with van der Waals surface area (Å²) in [5.74, 6) is -3.74. The first kappa shape index (κ1) is 39.0. The van der Waals surface area contributed by atoms with Crippen molar-refractivity contribution in [3.8, 4) is 17.1 Å². The first-order chi connectivity index (χ1) is 26.0. The number of amides is 2. The Hall–Kier alpha value is -5.69. The number of alkyl halides is 3. The normalized spacial score (nSPS) is 13.6. The fourth-order valence-electron chi connectivity index (χ4n) is 6.28. The van der Waals surface area contributed by atoms with E-state index >= 15 is 8.78 Å². The summed E-state index contributed by atoms with van der Waals surface area (Å²) < 4.78 is 72.3. The quantitative estimate of drug-likeness (QED) is 0.204. The largest absolute Gasteiger partial charge is 0.504 e. The van der Waals surface area contributed by atoms with Crippen molar-refractivity contribution in [1.82, 2.24) is 38.9 Å². The van der Waals surface area contributed by atoms with Crippen LogP contribution in [0.1, 0.15) is 39.9 Å². The maximum Gasteiger partial charge on any atom is 0.416 e. The highest BCUT2D eigenvalue weighted by Crippen LogP contribution is 2.34. The number of rotatable bonds is 9. The maximum atomic E-state index is 15.2. The molecule has 1 aliphatic rings. The highest BCUT2D eigenvalue weighted by atomic mass is 35.5.